The molecule has 3 N–H and O–H groups in total. The van der Waals surface area contributed by atoms with Crippen molar-refractivity contribution in [2.45, 2.75) is 45.1 Å². The number of benzene rings is 2. The summed E-state index contributed by atoms with van der Waals surface area (Å²) in [5.74, 6) is -0.816. The molecule has 0 spiro atoms. The van der Waals surface area contributed by atoms with Crippen LogP contribution in [0.25, 0.3) is 10.9 Å². The highest BCUT2D eigenvalue weighted by molar-refractivity contribution is 6.06. The van der Waals surface area contributed by atoms with E-state index < -0.39 is 5.91 Å². The van der Waals surface area contributed by atoms with Crippen LogP contribution in [0.15, 0.2) is 42.5 Å². The minimum Gasteiger partial charge on any atom is -0.322 e. The molecule has 1 aliphatic carbocycles. The van der Waals surface area contributed by atoms with Crippen molar-refractivity contribution in [3.05, 3.63) is 59.3 Å². The van der Waals surface area contributed by atoms with Gasteiger partial charge in [-0.2, -0.15) is 5.10 Å². The van der Waals surface area contributed by atoms with E-state index in [4.69, 9.17) is 10.3 Å². The first-order chi connectivity index (χ1) is 14.1. The number of nitrogens with one attached hydrogen (secondary N) is 2. The molecular weight excluding hydrogens is 368 g/mol. The van der Waals surface area contributed by atoms with E-state index in [0.717, 1.165) is 35.9 Å². The minimum atomic E-state index is -0.597. The van der Waals surface area contributed by atoms with Gasteiger partial charge in [0.1, 0.15) is 0 Å². The number of carbonyl (C=O) groups is 2. The highest BCUT2D eigenvalue weighted by atomic mass is 16.5. The molecule has 0 radical (unpaired) electrons. The summed E-state index contributed by atoms with van der Waals surface area (Å²) in [4.78, 5) is 24.2. The number of hydrogen-bond acceptors (Lipinski definition) is 4. The maximum Gasteiger partial charge on any atom is 0.274 e. The Morgan fingerprint density at radius 3 is 2.41 bits per heavy atom. The summed E-state index contributed by atoms with van der Waals surface area (Å²) in [5.41, 5.74) is 5.11. The second-order valence-corrected chi connectivity index (χ2v) is 7.39. The number of nitrogens with zero attached hydrogens (tertiary/aromatic N) is 2. The van der Waals surface area contributed by atoms with Gasteiger partial charge >= 0.3 is 0 Å². The zero-order valence-corrected chi connectivity index (χ0v) is 16.3. The second-order valence-electron chi connectivity index (χ2n) is 7.39. The highest BCUT2D eigenvalue weighted by Crippen LogP contribution is 2.33. The molecule has 1 aliphatic rings. The van der Waals surface area contributed by atoms with Crippen LogP contribution in [0.4, 0.5) is 5.69 Å². The first kappa shape index (κ1) is 19.1. The lowest BCUT2D eigenvalue weighted by atomic mass is 10.1. The lowest BCUT2D eigenvalue weighted by Crippen LogP contribution is -2.18. The van der Waals surface area contributed by atoms with Gasteiger partial charge in [-0.25, -0.2) is 5.48 Å². The third kappa shape index (κ3) is 3.73. The van der Waals surface area contributed by atoms with Crippen LogP contribution in [0.3, 0.4) is 0 Å². The Bertz CT molecular complexity index is 1050. The summed E-state index contributed by atoms with van der Waals surface area (Å²) in [6.07, 6.45) is 5.56. The lowest BCUT2D eigenvalue weighted by molar-refractivity contribution is 0.0706. The fraction of sp³-hybridized carbons (Fsp3) is 0.318. The van der Waals surface area contributed by atoms with Gasteiger partial charge in [-0.3, -0.25) is 19.5 Å². The van der Waals surface area contributed by atoms with Crippen molar-refractivity contribution in [2.24, 2.45) is 0 Å². The molecule has 7 nitrogen and oxygen atoms in total. The van der Waals surface area contributed by atoms with Crippen LogP contribution in [0.5, 0.6) is 0 Å². The largest absolute Gasteiger partial charge is 0.322 e. The Kier molecular flexibility index (Phi) is 5.31. The van der Waals surface area contributed by atoms with E-state index in [-0.39, 0.29) is 5.91 Å². The number of anilines is 1. The van der Waals surface area contributed by atoms with Crippen LogP contribution < -0.4 is 10.8 Å². The van der Waals surface area contributed by atoms with E-state index >= 15 is 0 Å². The molecule has 1 fully saturated rings. The van der Waals surface area contributed by atoms with Crippen molar-refractivity contribution < 1.29 is 14.8 Å². The number of hydrogen-bond donors (Lipinski definition) is 3. The second kappa shape index (κ2) is 8.05. The minimum absolute atomic E-state index is 0.219. The SMILES string of the molecule is CCc1nn(C2CCCC2)c2cc(C(=O)Nc3ccc(C(=O)NO)cc3)ccc12. The van der Waals surface area contributed by atoms with E-state index in [1.165, 1.54) is 25.0 Å². The number of amides is 2. The van der Waals surface area contributed by atoms with Crippen molar-refractivity contribution in [2.75, 3.05) is 5.32 Å². The van der Waals surface area contributed by atoms with Crippen molar-refractivity contribution in [3.63, 3.8) is 0 Å². The molecule has 150 valence electrons. The van der Waals surface area contributed by atoms with Crippen LogP contribution in [0, 0.1) is 0 Å². The van der Waals surface area contributed by atoms with Crippen molar-refractivity contribution in [3.8, 4) is 0 Å². The number of rotatable bonds is 5. The number of carbonyl (C=O) groups excluding carboxylic acids is 2. The fourth-order valence-corrected chi connectivity index (χ4v) is 4.01. The molecule has 1 aromatic heterocycles. The maximum atomic E-state index is 12.8. The quantitative estimate of drug-likeness (QED) is 0.450. The molecule has 2 aromatic carbocycles. The molecule has 2 amide bonds. The third-order valence-electron chi connectivity index (χ3n) is 5.56. The molecule has 29 heavy (non-hydrogen) atoms. The van der Waals surface area contributed by atoms with Crippen LogP contribution in [-0.2, 0) is 6.42 Å². The van der Waals surface area contributed by atoms with Crippen LogP contribution in [0.1, 0.15) is 65.1 Å². The van der Waals surface area contributed by atoms with Crippen molar-refractivity contribution >= 4 is 28.4 Å². The number of fused-ring (bicyclic) bond motifs is 1. The van der Waals surface area contributed by atoms with Gasteiger partial charge in [0.05, 0.1) is 17.3 Å². The Morgan fingerprint density at radius 2 is 1.76 bits per heavy atom. The number of hydroxylamine groups is 1. The summed E-state index contributed by atoms with van der Waals surface area (Å²) in [7, 11) is 0. The van der Waals surface area contributed by atoms with E-state index in [9.17, 15) is 9.59 Å². The highest BCUT2D eigenvalue weighted by Gasteiger charge is 2.22. The summed E-state index contributed by atoms with van der Waals surface area (Å²) in [6.45, 7) is 2.10. The van der Waals surface area contributed by atoms with E-state index in [2.05, 4.69) is 16.9 Å². The Labute approximate surface area is 168 Å². The molecule has 1 heterocycles. The zero-order chi connectivity index (χ0) is 20.4. The predicted octanol–water partition coefficient (Wildman–Crippen LogP) is 4.09. The van der Waals surface area contributed by atoms with Crippen molar-refractivity contribution in [1.29, 1.82) is 0 Å². The molecule has 0 atom stereocenters. The number of aromatic nitrogens is 2. The molecule has 4 rings (SSSR count). The van der Waals surface area contributed by atoms with E-state index in [0.29, 0.717) is 22.9 Å². The predicted molar refractivity (Wildman–Crippen MR) is 110 cm³/mol. The lowest BCUT2D eigenvalue weighted by Gasteiger charge is -2.12. The average Bonchev–Trinajstić information content (AvgIpc) is 3.40. The first-order valence-corrected chi connectivity index (χ1v) is 9.97. The smallest absolute Gasteiger partial charge is 0.274 e. The summed E-state index contributed by atoms with van der Waals surface area (Å²) in [6, 6.07) is 12.4. The van der Waals surface area contributed by atoms with Gasteiger partial charge in [-0.1, -0.05) is 25.8 Å². The van der Waals surface area contributed by atoms with Gasteiger partial charge in [0.2, 0.25) is 0 Å². The molecule has 0 aliphatic heterocycles. The topological polar surface area (TPSA) is 96.2 Å². The summed E-state index contributed by atoms with van der Waals surface area (Å²) >= 11 is 0. The van der Waals surface area contributed by atoms with Gasteiger partial charge in [0.25, 0.3) is 11.8 Å². The third-order valence-corrected chi connectivity index (χ3v) is 5.56. The normalized spacial score (nSPS) is 14.3. The van der Waals surface area contributed by atoms with Gasteiger partial charge in [0.15, 0.2) is 0 Å². The van der Waals surface area contributed by atoms with Gasteiger partial charge in [0, 0.05) is 22.2 Å². The Hall–Kier alpha value is -3.19. The number of aryl methyl sites for hydroxylation is 1. The van der Waals surface area contributed by atoms with Crippen molar-refractivity contribution in [1.82, 2.24) is 15.3 Å². The summed E-state index contributed by atoms with van der Waals surface area (Å²) < 4.78 is 2.11. The molecule has 7 heteroatoms. The molecular formula is C22H24N4O3. The molecule has 0 saturated heterocycles. The van der Waals surface area contributed by atoms with Crippen LogP contribution in [-0.4, -0.2) is 26.8 Å². The Balaban J connectivity index is 1.60. The van der Waals surface area contributed by atoms with E-state index in [1.54, 1.807) is 17.6 Å². The molecule has 1 saturated carbocycles. The van der Waals surface area contributed by atoms with Gasteiger partial charge < -0.3 is 5.32 Å². The maximum absolute atomic E-state index is 12.8. The van der Waals surface area contributed by atoms with Crippen LogP contribution >= 0.6 is 0 Å². The fourth-order valence-electron chi connectivity index (χ4n) is 4.01. The van der Waals surface area contributed by atoms with E-state index in [1.807, 2.05) is 18.2 Å². The average molecular weight is 392 g/mol. The standard InChI is InChI=1S/C22H24N4O3/c1-2-19-18-12-9-15(13-20(18)26(24-19)17-5-3-4-6-17)21(27)23-16-10-7-14(8-11-16)22(28)25-29/h7-13,17,29H,2-6H2,1H3,(H,23,27)(H,25,28). The zero-order valence-electron chi connectivity index (χ0n) is 16.3. The van der Waals surface area contributed by atoms with Crippen LogP contribution in [0.2, 0.25) is 0 Å². The molecule has 3 aromatic rings. The Morgan fingerprint density at radius 1 is 1.07 bits per heavy atom. The molecule has 0 bridgehead atoms. The van der Waals surface area contributed by atoms with Gasteiger partial charge in [-0.15, -0.1) is 0 Å². The summed E-state index contributed by atoms with van der Waals surface area (Å²) in [5, 5.41) is 17.5. The molecule has 0 unspecified atom stereocenters. The van der Waals surface area contributed by atoms with Gasteiger partial charge in [-0.05, 0) is 55.7 Å². The monoisotopic (exact) mass is 392 g/mol. The first-order valence-electron chi connectivity index (χ1n) is 9.97.